The first-order valence-corrected chi connectivity index (χ1v) is 11.3. The van der Waals surface area contributed by atoms with E-state index in [9.17, 15) is 18.0 Å². The number of hydrogen-bond acceptors (Lipinski definition) is 5. The summed E-state index contributed by atoms with van der Waals surface area (Å²) in [5.41, 5.74) is 7.39. The topological polar surface area (TPSA) is 110 Å². The van der Waals surface area contributed by atoms with Crippen LogP contribution in [-0.2, 0) is 9.84 Å². The predicted octanol–water partition coefficient (Wildman–Crippen LogP) is 2.82. The standard InChI is InChI=1S/C21H25N3O4S/c1-2-29(27,28)17-9-6-15(7-10-17)21(26)23-18-14-16(20(22)25)8-11-19(18)24-12-4-3-5-13-24/h6-11,14H,2-5,12-13H2,1H3,(H2,22,25)(H,23,26). The molecule has 154 valence electrons. The van der Waals surface area contributed by atoms with Crippen molar-refractivity contribution in [3.63, 3.8) is 0 Å². The van der Waals surface area contributed by atoms with Gasteiger partial charge in [-0.1, -0.05) is 6.92 Å². The molecule has 0 radical (unpaired) electrons. The van der Waals surface area contributed by atoms with Gasteiger partial charge in [0.05, 0.1) is 22.0 Å². The SMILES string of the molecule is CCS(=O)(=O)c1ccc(C(=O)Nc2cc(C(N)=O)ccc2N2CCCCC2)cc1. The molecular weight excluding hydrogens is 390 g/mol. The van der Waals surface area contributed by atoms with Crippen LogP contribution in [0.25, 0.3) is 0 Å². The number of nitrogens with one attached hydrogen (secondary N) is 1. The molecule has 0 unspecified atom stereocenters. The molecule has 1 saturated heterocycles. The average molecular weight is 416 g/mol. The quantitative estimate of drug-likeness (QED) is 0.754. The fraction of sp³-hybridized carbons (Fsp3) is 0.333. The number of anilines is 2. The Labute approximate surface area is 170 Å². The van der Waals surface area contributed by atoms with Gasteiger partial charge in [0.1, 0.15) is 0 Å². The molecule has 1 aliphatic rings. The van der Waals surface area contributed by atoms with Crippen LogP contribution in [0.15, 0.2) is 47.4 Å². The first-order chi connectivity index (χ1) is 13.8. The summed E-state index contributed by atoms with van der Waals surface area (Å²) in [6.45, 7) is 3.33. The molecule has 1 aliphatic heterocycles. The van der Waals surface area contributed by atoms with Gasteiger partial charge in [0.25, 0.3) is 5.91 Å². The van der Waals surface area contributed by atoms with Gasteiger partial charge >= 0.3 is 0 Å². The van der Waals surface area contributed by atoms with Crippen LogP contribution in [0.2, 0.25) is 0 Å². The Hall–Kier alpha value is -2.87. The number of carbonyl (C=O) groups excluding carboxylic acids is 2. The summed E-state index contributed by atoms with van der Waals surface area (Å²) in [7, 11) is -3.33. The number of hydrogen-bond donors (Lipinski definition) is 2. The highest BCUT2D eigenvalue weighted by atomic mass is 32.2. The van der Waals surface area contributed by atoms with E-state index in [-0.39, 0.29) is 16.6 Å². The van der Waals surface area contributed by atoms with E-state index in [0.717, 1.165) is 31.6 Å². The number of piperidine rings is 1. The summed E-state index contributed by atoms with van der Waals surface area (Å²) in [5.74, 6) is -0.956. The number of nitrogens with two attached hydrogens (primary N) is 1. The molecule has 0 aromatic heterocycles. The zero-order valence-electron chi connectivity index (χ0n) is 16.3. The van der Waals surface area contributed by atoms with Gasteiger partial charge in [0, 0.05) is 24.2 Å². The third-order valence-corrected chi connectivity index (χ3v) is 6.83. The van der Waals surface area contributed by atoms with E-state index in [4.69, 9.17) is 5.73 Å². The van der Waals surface area contributed by atoms with E-state index in [1.54, 1.807) is 25.1 Å². The van der Waals surface area contributed by atoms with Crippen molar-refractivity contribution >= 4 is 33.0 Å². The molecule has 29 heavy (non-hydrogen) atoms. The van der Waals surface area contributed by atoms with Crippen LogP contribution in [0.4, 0.5) is 11.4 Å². The van der Waals surface area contributed by atoms with Gasteiger partial charge in [-0.3, -0.25) is 9.59 Å². The lowest BCUT2D eigenvalue weighted by Gasteiger charge is -2.30. The van der Waals surface area contributed by atoms with Crippen molar-refractivity contribution in [3.8, 4) is 0 Å². The van der Waals surface area contributed by atoms with E-state index in [2.05, 4.69) is 10.2 Å². The van der Waals surface area contributed by atoms with Crippen molar-refractivity contribution < 1.29 is 18.0 Å². The highest BCUT2D eigenvalue weighted by molar-refractivity contribution is 7.91. The van der Waals surface area contributed by atoms with Gasteiger partial charge in [-0.25, -0.2) is 8.42 Å². The zero-order chi connectivity index (χ0) is 21.0. The van der Waals surface area contributed by atoms with Crippen molar-refractivity contribution in [1.82, 2.24) is 0 Å². The van der Waals surface area contributed by atoms with Crippen molar-refractivity contribution in [2.75, 3.05) is 29.1 Å². The molecule has 2 aromatic carbocycles. The highest BCUT2D eigenvalue weighted by Crippen LogP contribution is 2.30. The first kappa shape index (κ1) is 20.9. The monoisotopic (exact) mass is 415 g/mol. The van der Waals surface area contributed by atoms with Gasteiger partial charge in [-0.15, -0.1) is 0 Å². The maximum absolute atomic E-state index is 12.8. The number of benzene rings is 2. The van der Waals surface area contributed by atoms with Gasteiger partial charge in [0.2, 0.25) is 5.91 Å². The van der Waals surface area contributed by atoms with Gasteiger partial charge < -0.3 is 16.0 Å². The van der Waals surface area contributed by atoms with Crippen molar-refractivity contribution in [3.05, 3.63) is 53.6 Å². The van der Waals surface area contributed by atoms with Crippen LogP contribution in [0, 0.1) is 0 Å². The second kappa shape index (κ2) is 8.65. The predicted molar refractivity (Wildman–Crippen MR) is 113 cm³/mol. The van der Waals surface area contributed by atoms with Crippen molar-refractivity contribution in [2.45, 2.75) is 31.1 Å². The number of amides is 2. The Bertz CT molecular complexity index is 1010. The lowest BCUT2D eigenvalue weighted by Crippen LogP contribution is -2.30. The highest BCUT2D eigenvalue weighted by Gasteiger charge is 2.19. The number of nitrogens with zero attached hydrogens (tertiary/aromatic N) is 1. The summed E-state index contributed by atoms with van der Waals surface area (Å²) in [4.78, 5) is 26.7. The molecule has 8 heteroatoms. The molecule has 0 saturated carbocycles. The van der Waals surface area contributed by atoms with Crippen LogP contribution in [0.1, 0.15) is 46.9 Å². The van der Waals surface area contributed by atoms with E-state index < -0.39 is 15.7 Å². The van der Waals surface area contributed by atoms with E-state index >= 15 is 0 Å². The Kier molecular flexibility index (Phi) is 6.22. The maximum Gasteiger partial charge on any atom is 0.255 e. The summed E-state index contributed by atoms with van der Waals surface area (Å²) < 4.78 is 23.9. The third kappa shape index (κ3) is 4.76. The lowest BCUT2D eigenvalue weighted by molar-refractivity contribution is 0.0996. The maximum atomic E-state index is 12.8. The summed E-state index contributed by atoms with van der Waals surface area (Å²) in [5, 5.41) is 2.85. The minimum Gasteiger partial charge on any atom is -0.370 e. The van der Waals surface area contributed by atoms with E-state index in [1.807, 2.05) is 0 Å². The Morgan fingerprint density at radius 2 is 1.62 bits per heavy atom. The molecule has 0 atom stereocenters. The minimum atomic E-state index is -3.33. The molecule has 0 spiro atoms. The first-order valence-electron chi connectivity index (χ1n) is 9.65. The summed E-state index contributed by atoms with van der Waals surface area (Å²) in [6.07, 6.45) is 3.31. The van der Waals surface area contributed by atoms with Crippen LogP contribution in [0.3, 0.4) is 0 Å². The number of carbonyl (C=O) groups is 2. The fourth-order valence-electron chi connectivity index (χ4n) is 3.37. The average Bonchev–Trinajstić information content (AvgIpc) is 2.74. The van der Waals surface area contributed by atoms with Crippen LogP contribution in [-0.4, -0.2) is 39.1 Å². The van der Waals surface area contributed by atoms with Crippen molar-refractivity contribution in [1.29, 1.82) is 0 Å². The molecule has 0 bridgehead atoms. The normalized spacial score (nSPS) is 14.4. The molecule has 2 amide bonds. The number of primary amides is 1. The second-order valence-corrected chi connectivity index (χ2v) is 9.30. The fourth-order valence-corrected chi connectivity index (χ4v) is 4.26. The van der Waals surface area contributed by atoms with Crippen molar-refractivity contribution in [2.24, 2.45) is 5.73 Å². The zero-order valence-corrected chi connectivity index (χ0v) is 17.2. The molecule has 3 N–H and O–H groups in total. The minimum absolute atomic E-state index is 0.00233. The third-order valence-electron chi connectivity index (χ3n) is 5.08. The van der Waals surface area contributed by atoms with Crippen LogP contribution < -0.4 is 16.0 Å². The Morgan fingerprint density at radius 3 is 2.21 bits per heavy atom. The molecule has 7 nitrogen and oxygen atoms in total. The molecule has 2 aromatic rings. The van der Waals surface area contributed by atoms with E-state index in [0.29, 0.717) is 16.8 Å². The second-order valence-electron chi connectivity index (χ2n) is 7.03. The molecule has 3 rings (SSSR count). The Morgan fingerprint density at radius 1 is 1.00 bits per heavy atom. The van der Waals surface area contributed by atoms with Crippen LogP contribution >= 0.6 is 0 Å². The van der Waals surface area contributed by atoms with Gasteiger partial charge in [-0.2, -0.15) is 0 Å². The summed E-state index contributed by atoms with van der Waals surface area (Å²) >= 11 is 0. The van der Waals surface area contributed by atoms with Crippen LogP contribution in [0.5, 0.6) is 0 Å². The molecular formula is C21H25N3O4S. The smallest absolute Gasteiger partial charge is 0.255 e. The molecule has 1 fully saturated rings. The summed E-state index contributed by atoms with van der Waals surface area (Å²) in [6, 6.07) is 10.9. The number of sulfone groups is 1. The van der Waals surface area contributed by atoms with Gasteiger partial charge in [0.15, 0.2) is 9.84 Å². The molecule has 0 aliphatic carbocycles. The van der Waals surface area contributed by atoms with E-state index in [1.165, 1.54) is 30.7 Å². The van der Waals surface area contributed by atoms with Gasteiger partial charge in [-0.05, 0) is 61.7 Å². The lowest BCUT2D eigenvalue weighted by atomic mass is 10.1. The number of rotatable bonds is 6. The largest absolute Gasteiger partial charge is 0.370 e. The molecule has 1 heterocycles. The Balaban J connectivity index is 1.88.